The highest BCUT2D eigenvalue weighted by atomic mass is 16.5. The molecule has 0 unspecified atom stereocenters. The molecule has 0 fully saturated rings. The van der Waals surface area contributed by atoms with Gasteiger partial charge >= 0.3 is 0 Å². The predicted molar refractivity (Wildman–Crippen MR) is 134 cm³/mol. The normalized spacial score (nSPS) is 10.9. The van der Waals surface area contributed by atoms with Crippen LogP contribution in [0.4, 0.5) is 11.4 Å². The number of imidazole rings is 1. The van der Waals surface area contributed by atoms with Crippen molar-refractivity contribution in [2.24, 2.45) is 5.92 Å². The summed E-state index contributed by atoms with van der Waals surface area (Å²) in [4.78, 5) is 32.5. The summed E-state index contributed by atoms with van der Waals surface area (Å²) in [5.74, 6) is 1.36. The molecule has 7 heteroatoms. The first kappa shape index (κ1) is 23.0. The molecule has 174 valence electrons. The molecule has 0 aliphatic heterocycles. The van der Waals surface area contributed by atoms with Crippen LogP contribution in [-0.2, 0) is 17.6 Å². The smallest absolute Gasteiger partial charge is 0.255 e. The second-order valence-corrected chi connectivity index (χ2v) is 8.44. The first-order valence-electron chi connectivity index (χ1n) is 11.2. The third kappa shape index (κ3) is 5.61. The fraction of sp³-hybridized carbons (Fsp3) is 0.222. The summed E-state index contributed by atoms with van der Waals surface area (Å²) in [6.07, 6.45) is 1.54. The summed E-state index contributed by atoms with van der Waals surface area (Å²) in [5.41, 5.74) is 4.85. The number of aryl methyl sites for hydroxylation is 2. The number of anilines is 2. The van der Waals surface area contributed by atoms with E-state index in [0.29, 0.717) is 11.3 Å². The van der Waals surface area contributed by atoms with E-state index in [1.807, 2.05) is 50.2 Å². The highest BCUT2D eigenvalue weighted by Gasteiger charge is 2.11. The molecule has 7 nitrogen and oxygen atoms in total. The molecule has 0 saturated carbocycles. The molecule has 1 aromatic heterocycles. The highest BCUT2D eigenvalue weighted by molar-refractivity contribution is 6.06. The molecular formula is C27H28N4O3. The van der Waals surface area contributed by atoms with Gasteiger partial charge in [0, 0.05) is 29.3 Å². The van der Waals surface area contributed by atoms with E-state index in [-0.39, 0.29) is 17.7 Å². The molecule has 0 spiro atoms. The van der Waals surface area contributed by atoms with Crippen molar-refractivity contribution in [2.75, 3.05) is 17.7 Å². The molecule has 3 N–H and O–H groups in total. The second-order valence-electron chi connectivity index (χ2n) is 8.44. The zero-order chi connectivity index (χ0) is 24.1. The first-order chi connectivity index (χ1) is 16.4. The van der Waals surface area contributed by atoms with Crippen molar-refractivity contribution >= 4 is 34.2 Å². The summed E-state index contributed by atoms with van der Waals surface area (Å²) < 4.78 is 5.15. The zero-order valence-electron chi connectivity index (χ0n) is 19.5. The Morgan fingerprint density at radius 2 is 1.59 bits per heavy atom. The number of methoxy groups -OCH3 is 1. The van der Waals surface area contributed by atoms with Gasteiger partial charge < -0.3 is 20.4 Å². The number of amides is 2. The molecule has 34 heavy (non-hydrogen) atoms. The van der Waals surface area contributed by atoms with Crippen molar-refractivity contribution in [3.8, 4) is 5.75 Å². The molecule has 4 rings (SSSR count). The van der Waals surface area contributed by atoms with Gasteiger partial charge in [-0.3, -0.25) is 9.59 Å². The van der Waals surface area contributed by atoms with Gasteiger partial charge in [-0.25, -0.2) is 4.98 Å². The number of hydrogen-bond acceptors (Lipinski definition) is 4. The van der Waals surface area contributed by atoms with Crippen molar-refractivity contribution in [3.63, 3.8) is 0 Å². The molecule has 0 saturated heterocycles. The molecule has 4 aromatic rings. The zero-order valence-corrected chi connectivity index (χ0v) is 19.5. The second kappa shape index (κ2) is 10.2. The number of benzene rings is 3. The van der Waals surface area contributed by atoms with E-state index < -0.39 is 0 Å². The lowest BCUT2D eigenvalue weighted by atomic mass is 10.1. The van der Waals surface area contributed by atoms with Crippen LogP contribution in [-0.4, -0.2) is 28.9 Å². The third-order valence-electron chi connectivity index (χ3n) is 5.54. The SMILES string of the molecule is COc1ccc(NC(=O)c2ccc3nc(CCc4ccc(NC(=O)C(C)C)cc4)[nH]c3c2)cc1. The minimum atomic E-state index is -0.187. The van der Waals surface area contributed by atoms with Crippen LogP contribution in [0.2, 0.25) is 0 Å². The number of carbonyl (C=O) groups excluding carboxylic acids is 2. The number of ether oxygens (including phenoxy) is 1. The van der Waals surface area contributed by atoms with E-state index in [9.17, 15) is 9.59 Å². The number of carbonyl (C=O) groups is 2. The van der Waals surface area contributed by atoms with Gasteiger partial charge in [-0.2, -0.15) is 0 Å². The third-order valence-corrected chi connectivity index (χ3v) is 5.54. The Morgan fingerprint density at radius 3 is 2.26 bits per heavy atom. The molecule has 1 heterocycles. The van der Waals surface area contributed by atoms with Gasteiger partial charge in [-0.15, -0.1) is 0 Å². The minimum Gasteiger partial charge on any atom is -0.497 e. The Kier molecular flexibility index (Phi) is 6.92. The Balaban J connectivity index is 1.38. The number of fused-ring (bicyclic) bond motifs is 1. The maximum absolute atomic E-state index is 12.7. The Labute approximate surface area is 198 Å². The van der Waals surface area contributed by atoms with Crippen molar-refractivity contribution in [1.29, 1.82) is 0 Å². The molecular weight excluding hydrogens is 428 g/mol. The maximum atomic E-state index is 12.7. The average Bonchev–Trinajstić information content (AvgIpc) is 3.26. The number of rotatable bonds is 8. The van der Waals surface area contributed by atoms with Crippen LogP contribution in [0.1, 0.15) is 35.6 Å². The van der Waals surface area contributed by atoms with Gasteiger partial charge in [0.05, 0.1) is 18.1 Å². The van der Waals surface area contributed by atoms with E-state index >= 15 is 0 Å². The Bertz CT molecular complexity index is 1290. The van der Waals surface area contributed by atoms with Crippen LogP contribution in [0.3, 0.4) is 0 Å². The topological polar surface area (TPSA) is 96.1 Å². The average molecular weight is 457 g/mol. The number of aromatic amines is 1. The molecule has 2 amide bonds. The van der Waals surface area contributed by atoms with Gasteiger partial charge in [0.2, 0.25) is 5.91 Å². The van der Waals surface area contributed by atoms with Gasteiger partial charge in [0.1, 0.15) is 11.6 Å². The number of aromatic nitrogens is 2. The lowest BCUT2D eigenvalue weighted by Crippen LogP contribution is -2.17. The van der Waals surface area contributed by atoms with E-state index in [2.05, 4.69) is 20.6 Å². The fourth-order valence-corrected chi connectivity index (χ4v) is 3.50. The monoisotopic (exact) mass is 456 g/mol. The molecule has 0 atom stereocenters. The van der Waals surface area contributed by atoms with E-state index in [0.717, 1.165) is 46.7 Å². The quantitative estimate of drug-likeness (QED) is 0.339. The molecule has 0 aliphatic carbocycles. The maximum Gasteiger partial charge on any atom is 0.255 e. The highest BCUT2D eigenvalue weighted by Crippen LogP contribution is 2.19. The Morgan fingerprint density at radius 1 is 0.912 bits per heavy atom. The van der Waals surface area contributed by atoms with Gasteiger partial charge in [-0.05, 0) is 66.6 Å². The summed E-state index contributed by atoms with van der Waals surface area (Å²) in [6.45, 7) is 3.74. The van der Waals surface area contributed by atoms with Crippen molar-refractivity contribution in [1.82, 2.24) is 9.97 Å². The number of hydrogen-bond donors (Lipinski definition) is 3. The fourth-order valence-electron chi connectivity index (χ4n) is 3.50. The first-order valence-corrected chi connectivity index (χ1v) is 11.2. The molecule has 3 aromatic carbocycles. The standard InChI is InChI=1S/C27H28N4O3/c1-17(2)26(32)28-20-8-4-18(5-9-20)6-15-25-30-23-14-7-19(16-24(23)31-25)27(33)29-21-10-12-22(34-3)13-11-21/h4-5,7-14,16-17H,6,15H2,1-3H3,(H,28,32)(H,29,33)(H,30,31). The lowest BCUT2D eigenvalue weighted by Gasteiger charge is -2.08. The largest absolute Gasteiger partial charge is 0.497 e. The summed E-state index contributed by atoms with van der Waals surface area (Å²) in [7, 11) is 1.60. The van der Waals surface area contributed by atoms with Crippen LogP contribution in [0.15, 0.2) is 66.7 Å². The van der Waals surface area contributed by atoms with Crippen LogP contribution in [0.25, 0.3) is 11.0 Å². The van der Waals surface area contributed by atoms with E-state index in [1.165, 1.54) is 0 Å². The summed E-state index contributed by atoms with van der Waals surface area (Å²) in [5, 5.41) is 5.79. The number of nitrogens with one attached hydrogen (secondary N) is 3. The lowest BCUT2D eigenvalue weighted by molar-refractivity contribution is -0.118. The summed E-state index contributed by atoms with van der Waals surface area (Å²) in [6, 6.07) is 20.5. The predicted octanol–water partition coefficient (Wildman–Crippen LogP) is 5.20. The Hall–Kier alpha value is -4.13. The van der Waals surface area contributed by atoms with Crippen LogP contribution >= 0.6 is 0 Å². The van der Waals surface area contributed by atoms with Crippen LogP contribution < -0.4 is 15.4 Å². The molecule has 0 radical (unpaired) electrons. The number of nitrogens with zero attached hydrogens (tertiary/aromatic N) is 1. The van der Waals surface area contributed by atoms with Crippen LogP contribution in [0, 0.1) is 5.92 Å². The number of H-pyrrole nitrogens is 1. The summed E-state index contributed by atoms with van der Waals surface area (Å²) >= 11 is 0. The van der Waals surface area contributed by atoms with Crippen LogP contribution in [0.5, 0.6) is 5.75 Å². The minimum absolute atomic E-state index is 0.00655. The van der Waals surface area contributed by atoms with E-state index in [4.69, 9.17) is 4.74 Å². The van der Waals surface area contributed by atoms with Gasteiger partial charge in [0.15, 0.2) is 0 Å². The van der Waals surface area contributed by atoms with E-state index in [1.54, 1.807) is 37.4 Å². The van der Waals surface area contributed by atoms with Gasteiger partial charge in [0.25, 0.3) is 5.91 Å². The van der Waals surface area contributed by atoms with Crippen molar-refractivity contribution in [3.05, 3.63) is 83.7 Å². The van der Waals surface area contributed by atoms with Gasteiger partial charge in [-0.1, -0.05) is 26.0 Å². The molecule has 0 bridgehead atoms. The molecule has 0 aliphatic rings. The van der Waals surface area contributed by atoms with Crippen molar-refractivity contribution < 1.29 is 14.3 Å². The van der Waals surface area contributed by atoms with Crippen molar-refractivity contribution in [2.45, 2.75) is 26.7 Å².